The third-order valence-corrected chi connectivity index (χ3v) is 3.45. The monoisotopic (exact) mass is 362 g/mol. The van der Waals surface area contributed by atoms with Crippen molar-refractivity contribution in [3.8, 4) is 5.75 Å². The molecule has 0 fully saturated rings. The third-order valence-electron chi connectivity index (χ3n) is 2.84. The number of alkyl halides is 4. The van der Waals surface area contributed by atoms with Gasteiger partial charge in [-0.2, -0.15) is 13.2 Å². The molecule has 2 aromatic rings. The lowest BCUT2D eigenvalue weighted by Crippen LogP contribution is -2.05. The molecule has 0 heterocycles. The Kier molecular flexibility index (Phi) is 4.88. The topological polar surface area (TPSA) is 9.23 Å². The molecule has 2 rings (SSSR count). The van der Waals surface area contributed by atoms with Crippen molar-refractivity contribution in [2.75, 3.05) is 0 Å². The number of benzene rings is 2. The van der Waals surface area contributed by atoms with Gasteiger partial charge in [0.15, 0.2) is 0 Å². The first-order chi connectivity index (χ1) is 9.90. The lowest BCUT2D eigenvalue weighted by molar-refractivity contribution is -0.137. The molecule has 0 aromatic heterocycles. The van der Waals surface area contributed by atoms with Gasteiger partial charge in [-0.25, -0.2) is 4.39 Å². The molecule has 0 atom stereocenters. The number of rotatable bonds is 4. The zero-order valence-corrected chi connectivity index (χ0v) is 12.3. The van der Waals surface area contributed by atoms with E-state index < -0.39 is 11.7 Å². The second-order valence-electron chi connectivity index (χ2n) is 4.37. The van der Waals surface area contributed by atoms with E-state index in [1.54, 1.807) is 0 Å². The lowest BCUT2D eigenvalue weighted by Gasteiger charge is -2.11. The molecule has 0 radical (unpaired) electrons. The molecule has 6 heteroatoms. The van der Waals surface area contributed by atoms with Gasteiger partial charge < -0.3 is 4.74 Å². The van der Waals surface area contributed by atoms with Crippen LogP contribution in [0.4, 0.5) is 17.6 Å². The van der Waals surface area contributed by atoms with E-state index in [4.69, 9.17) is 4.74 Å². The predicted molar refractivity (Wildman–Crippen MR) is 74.8 cm³/mol. The summed E-state index contributed by atoms with van der Waals surface area (Å²) in [5, 5.41) is 0.424. The van der Waals surface area contributed by atoms with Crippen molar-refractivity contribution in [3.63, 3.8) is 0 Å². The third kappa shape index (κ3) is 4.20. The highest BCUT2D eigenvalue weighted by molar-refractivity contribution is 9.08. The Balaban J connectivity index is 2.07. The maximum absolute atomic E-state index is 13.1. The van der Waals surface area contributed by atoms with E-state index >= 15 is 0 Å². The molecule has 0 saturated carbocycles. The van der Waals surface area contributed by atoms with Gasteiger partial charge in [-0.1, -0.05) is 28.1 Å². The minimum atomic E-state index is -4.35. The Bertz CT molecular complexity index is 608. The number of halogens is 5. The second kappa shape index (κ2) is 6.47. The Hall–Kier alpha value is -1.56. The fraction of sp³-hybridized carbons (Fsp3) is 0.200. The van der Waals surface area contributed by atoms with Gasteiger partial charge in [0.2, 0.25) is 0 Å². The van der Waals surface area contributed by atoms with Crippen molar-refractivity contribution in [2.24, 2.45) is 0 Å². The summed E-state index contributed by atoms with van der Waals surface area (Å²) in [6.07, 6.45) is -4.35. The van der Waals surface area contributed by atoms with Crippen molar-refractivity contribution in [1.29, 1.82) is 0 Å². The zero-order chi connectivity index (χ0) is 15.5. The fourth-order valence-corrected chi connectivity index (χ4v) is 2.18. The molecule has 0 bridgehead atoms. The van der Waals surface area contributed by atoms with Crippen LogP contribution in [0.2, 0.25) is 0 Å². The predicted octanol–water partition coefficient (Wildman–Crippen LogP) is 5.32. The van der Waals surface area contributed by atoms with Crippen molar-refractivity contribution in [2.45, 2.75) is 18.1 Å². The first-order valence-corrected chi connectivity index (χ1v) is 7.15. The first-order valence-electron chi connectivity index (χ1n) is 6.03. The van der Waals surface area contributed by atoms with Crippen LogP contribution in [0, 0.1) is 5.82 Å². The van der Waals surface area contributed by atoms with Crippen LogP contribution in [0.3, 0.4) is 0 Å². The highest BCUT2D eigenvalue weighted by Crippen LogP contribution is 2.29. The van der Waals surface area contributed by atoms with Gasteiger partial charge in [-0.05, 0) is 35.9 Å². The molecule has 112 valence electrons. The van der Waals surface area contributed by atoms with E-state index in [0.717, 1.165) is 12.1 Å². The van der Waals surface area contributed by atoms with Gasteiger partial charge in [0.25, 0.3) is 0 Å². The molecule has 0 N–H and O–H groups in total. The van der Waals surface area contributed by atoms with Gasteiger partial charge in [0.05, 0.1) is 5.56 Å². The summed E-state index contributed by atoms with van der Waals surface area (Å²) in [6.45, 7) is 0.115. The van der Waals surface area contributed by atoms with E-state index in [1.807, 2.05) is 0 Å². The van der Waals surface area contributed by atoms with Crippen LogP contribution in [-0.2, 0) is 18.1 Å². The van der Waals surface area contributed by atoms with Gasteiger partial charge in [0.1, 0.15) is 18.2 Å². The summed E-state index contributed by atoms with van der Waals surface area (Å²) >= 11 is 3.23. The molecular formula is C15H11BrF4O. The van der Waals surface area contributed by atoms with Crippen LogP contribution in [0.15, 0.2) is 42.5 Å². The Labute approximate surface area is 127 Å². The van der Waals surface area contributed by atoms with E-state index in [9.17, 15) is 17.6 Å². The van der Waals surface area contributed by atoms with Crippen LogP contribution in [0.1, 0.15) is 16.7 Å². The largest absolute Gasteiger partial charge is 0.489 e. The smallest absolute Gasteiger partial charge is 0.416 e. The molecule has 2 aromatic carbocycles. The average Bonchev–Trinajstić information content (AvgIpc) is 2.45. The SMILES string of the molecule is Fc1ccc(OCc2ccc(C(F)(F)F)cc2)c(CBr)c1. The molecule has 0 spiro atoms. The fourth-order valence-electron chi connectivity index (χ4n) is 1.74. The Morgan fingerprint density at radius 2 is 1.67 bits per heavy atom. The minimum Gasteiger partial charge on any atom is -0.489 e. The van der Waals surface area contributed by atoms with E-state index in [-0.39, 0.29) is 12.4 Å². The van der Waals surface area contributed by atoms with Gasteiger partial charge >= 0.3 is 6.18 Å². The molecule has 0 aliphatic heterocycles. The van der Waals surface area contributed by atoms with Crippen molar-refractivity contribution in [3.05, 3.63) is 65.0 Å². The molecule has 0 saturated heterocycles. The van der Waals surface area contributed by atoms with Crippen LogP contribution in [-0.4, -0.2) is 0 Å². The summed E-state index contributed by atoms with van der Waals surface area (Å²) in [5.41, 5.74) is 0.545. The van der Waals surface area contributed by atoms with Gasteiger partial charge in [-0.3, -0.25) is 0 Å². The highest BCUT2D eigenvalue weighted by atomic mass is 79.9. The summed E-state index contributed by atoms with van der Waals surface area (Å²) < 4.78 is 55.9. The quantitative estimate of drug-likeness (QED) is 0.528. The summed E-state index contributed by atoms with van der Waals surface area (Å²) in [7, 11) is 0. The zero-order valence-electron chi connectivity index (χ0n) is 10.8. The molecule has 0 amide bonds. The van der Waals surface area contributed by atoms with Crippen molar-refractivity contribution >= 4 is 15.9 Å². The number of ether oxygens (including phenoxy) is 1. The van der Waals surface area contributed by atoms with Gasteiger partial charge in [0, 0.05) is 10.9 Å². The highest BCUT2D eigenvalue weighted by Gasteiger charge is 2.29. The summed E-state index contributed by atoms with van der Waals surface area (Å²) in [6, 6.07) is 8.85. The second-order valence-corrected chi connectivity index (χ2v) is 4.93. The van der Waals surface area contributed by atoms with E-state index in [2.05, 4.69) is 15.9 Å². The lowest BCUT2D eigenvalue weighted by atomic mass is 10.1. The van der Waals surface area contributed by atoms with Gasteiger partial charge in [-0.15, -0.1) is 0 Å². The Morgan fingerprint density at radius 1 is 1.00 bits per heavy atom. The van der Waals surface area contributed by atoms with Crippen molar-refractivity contribution in [1.82, 2.24) is 0 Å². The van der Waals surface area contributed by atoms with E-state index in [1.165, 1.54) is 30.3 Å². The number of hydrogen-bond acceptors (Lipinski definition) is 1. The maximum Gasteiger partial charge on any atom is 0.416 e. The minimum absolute atomic E-state index is 0.115. The molecule has 0 aliphatic rings. The van der Waals surface area contributed by atoms with E-state index in [0.29, 0.717) is 22.2 Å². The van der Waals surface area contributed by atoms with Crippen LogP contribution in [0.5, 0.6) is 5.75 Å². The van der Waals surface area contributed by atoms with Crippen molar-refractivity contribution < 1.29 is 22.3 Å². The molecular weight excluding hydrogens is 352 g/mol. The molecule has 0 unspecified atom stereocenters. The normalized spacial score (nSPS) is 11.5. The summed E-state index contributed by atoms with van der Waals surface area (Å²) in [5.74, 6) is 0.125. The van der Waals surface area contributed by atoms with Crippen LogP contribution in [0.25, 0.3) is 0 Å². The van der Waals surface area contributed by atoms with Crippen LogP contribution < -0.4 is 4.74 Å². The first kappa shape index (κ1) is 15.8. The number of hydrogen-bond donors (Lipinski definition) is 0. The molecule has 0 aliphatic carbocycles. The molecule has 21 heavy (non-hydrogen) atoms. The average molecular weight is 363 g/mol. The maximum atomic E-state index is 13.1. The molecule has 1 nitrogen and oxygen atoms in total. The summed E-state index contributed by atoms with van der Waals surface area (Å²) in [4.78, 5) is 0. The van der Waals surface area contributed by atoms with Crippen LogP contribution >= 0.6 is 15.9 Å². The standard InChI is InChI=1S/C15H11BrF4O/c16-8-11-7-13(17)5-6-14(11)21-9-10-1-3-12(4-2-10)15(18,19)20/h1-7H,8-9H2. The Morgan fingerprint density at radius 3 is 2.24 bits per heavy atom.